The third-order valence-corrected chi connectivity index (χ3v) is 2.24. The number of aromatic amines is 1. The molecule has 1 aromatic heterocycles. The van der Waals surface area contributed by atoms with Gasteiger partial charge in [-0.2, -0.15) is 4.98 Å². The molecule has 0 radical (unpaired) electrons. The first-order valence-corrected chi connectivity index (χ1v) is 5.59. The van der Waals surface area contributed by atoms with Gasteiger partial charge in [-0.15, -0.1) is 5.10 Å². The van der Waals surface area contributed by atoms with Gasteiger partial charge in [0, 0.05) is 0 Å². The number of hydrogen-bond acceptors (Lipinski definition) is 4. The second-order valence-electron chi connectivity index (χ2n) is 3.14. The molecule has 2 aromatic rings. The number of amides is 1. The lowest BCUT2D eigenvalue weighted by Crippen LogP contribution is -2.14. The lowest BCUT2D eigenvalue weighted by Gasteiger charge is -2.03. The predicted octanol–water partition coefficient (Wildman–Crippen LogP) is 2.32. The number of carbonyl (C=O) groups is 1. The van der Waals surface area contributed by atoms with Crippen LogP contribution in [0, 0.1) is 0 Å². The first-order valence-electron chi connectivity index (χ1n) is 4.79. The van der Waals surface area contributed by atoms with Crippen LogP contribution in [0.15, 0.2) is 35.1 Å². The molecular formula is C10H9BrN4O2. The van der Waals surface area contributed by atoms with Crippen molar-refractivity contribution in [3.63, 3.8) is 0 Å². The molecule has 0 aliphatic rings. The number of halogens is 1. The monoisotopic (exact) mass is 296 g/mol. The molecule has 0 unspecified atom stereocenters. The minimum absolute atomic E-state index is 0.162. The lowest BCUT2D eigenvalue weighted by atomic mass is 10.2. The number of ether oxygens (including phenoxy) is 1. The normalized spacial score (nSPS) is 9.94. The summed E-state index contributed by atoms with van der Waals surface area (Å²) in [5.74, 6) is 0.162. The molecule has 7 heteroatoms. The van der Waals surface area contributed by atoms with Gasteiger partial charge in [-0.3, -0.25) is 10.4 Å². The van der Waals surface area contributed by atoms with Crippen molar-refractivity contribution in [2.24, 2.45) is 0 Å². The van der Waals surface area contributed by atoms with E-state index in [1.807, 2.05) is 30.3 Å². The standard InChI is InChI=1S/C10H9BrN4O2/c11-8-12-9(15-14-8)13-10(16)17-6-7-4-2-1-3-5-7/h1-5H,6H2,(H2,12,13,14,15,16). The number of H-pyrrole nitrogens is 1. The highest BCUT2D eigenvalue weighted by Gasteiger charge is 2.07. The van der Waals surface area contributed by atoms with Crippen LogP contribution >= 0.6 is 15.9 Å². The van der Waals surface area contributed by atoms with E-state index < -0.39 is 6.09 Å². The van der Waals surface area contributed by atoms with Crippen LogP contribution in [-0.2, 0) is 11.3 Å². The van der Waals surface area contributed by atoms with Crippen LogP contribution in [0.4, 0.5) is 10.7 Å². The summed E-state index contributed by atoms with van der Waals surface area (Å²) in [6, 6.07) is 9.40. The number of nitrogens with one attached hydrogen (secondary N) is 2. The number of benzene rings is 1. The van der Waals surface area contributed by atoms with E-state index in [0.29, 0.717) is 4.73 Å². The van der Waals surface area contributed by atoms with Crippen LogP contribution in [-0.4, -0.2) is 21.3 Å². The second-order valence-corrected chi connectivity index (χ2v) is 3.89. The average molecular weight is 297 g/mol. The molecule has 0 spiro atoms. The molecule has 6 nitrogen and oxygen atoms in total. The van der Waals surface area contributed by atoms with Crippen LogP contribution in [0.1, 0.15) is 5.56 Å². The van der Waals surface area contributed by atoms with E-state index in [-0.39, 0.29) is 12.6 Å². The maximum Gasteiger partial charge on any atom is 0.414 e. The first kappa shape index (κ1) is 11.6. The van der Waals surface area contributed by atoms with Crippen molar-refractivity contribution in [1.82, 2.24) is 15.2 Å². The Hall–Kier alpha value is -1.89. The van der Waals surface area contributed by atoms with Gasteiger partial charge in [-0.05, 0) is 21.5 Å². The molecule has 1 heterocycles. The van der Waals surface area contributed by atoms with Crippen molar-refractivity contribution in [2.75, 3.05) is 5.32 Å². The summed E-state index contributed by atoms with van der Waals surface area (Å²) >= 11 is 3.08. The van der Waals surface area contributed by atoms with Crippen molar-refractivity contribution in [3.05, 3.63) is 40.6 Å². The van der Waals surface area contributed by atoms with Crippen LogP contribution in [0.2, 0.25) is 0 Å². The molecule has 1 amide bonds. The summed E-state index contributed by atoms with van der Waals surface area (Å²) in [4.78, 5) is 15.2. The zero-order valence-corrected chi connectivity index (χ0v) is 10.3. The molecular weight excluding hydrogens is 288 g/mol. The van der Waals surface area contributed by atoms with Gasteiger partial charge in [-0.1, -0.05) is 30.3 Å². The Balaban J connectivity index is 1.82. The van der Waals surface area contributed by atoms with E-state index >= 15 is 0 Å². The quantitative estimate of drug-likeness (QED) is 0.911. The van der Waals surface area contributed by atoms with Gasteiger partial charge in [0.25, 0.3) is 5.95 Å². The number of nitrogens with zero attached hydrogens (tertiary/aromatic N) is 2. The summed E-state index contributed by atoms with van der Waals surface area (Å²) < 4.78 is 5.42. The van der Waals surface area contributed by atoms with Crippen molar-refractivity contribution in [2.45, 2.75) is 6.61 Å². The fraction of sp³-hybridized carbons (Fsp3) is 0.100. The maximum absolute atomic E-state index is 11.4. The maximum atomic E-state index is 11.4. The topological polar surface area (TPSA) is 79.9 Å². The van der Waals surface area contributed by atoms with Crippen molar-refractivity contribution < 1.29 is 9.53 Å². The Bertz CT molecular complexity index is 500. The highest BCUT2D eigenvalue weighted by molar-refractivity contribution is 9.10. The van der Waals surface area contributed by atoms with Crippen LogP contribution in [0.5, 0.6) is 0 Å². The van der Waals surface area contributed by atoms with Gasteiger partial charge >= 0.3 is 6.09 Å². The Labute approximate surface area is 106 Å². The van der Waals surface area contributed by atoms with Crippen LogP contribution in [0.25, 0.3) is 0 Å². The fourth-order valence-corrected chi connectivity index (χ4v) is 1.41. The summed E-state index contributed by atoms with van der Waals surface area (Å²) in [5.41, 5.74) is 0.916. The lowest BCUT2D eigenvalue weighted by molar-refractivity contribution is 0.155. The van der Waals surface area contributed by atoms with Gasteiger partial charge in [0.05, 0.1) is 0 Å². The van der Waals surface area contributed by atoms with Gasteiger partial charge in [0.1, 0.15) is 6.61 Å². The van der Waals surface area contributed by atoms with E-state index in [0.717, 1.165) is 5.56 Å². The van der Waals surface area contributed by atoms with Crippen molar-refractivity contribution in [1.29, 1.82) is 0 Å². The van der Waals surface area contributed by atoms with Gasteiger partial charge in [0.2, 0.25) is 0 Å². The zero-order valence-electron chi connectivity index (χ0n) is 8.68. The molecule has 88 valence electrons. The molecule has 17 heavy (non-hydrogen) atoms. The summed E-state index contributed by atoms with van der Waals surface area (Å²) in [7, 11) is 0. The van der Waals surface area contributed by atoms with Gasteiger partial charge in [0.15, 0.2) is 4.73 Å². The summed E-state index contributed by atoms with van der Waals surface area (Å²) in [6.07, 6.45) is -0.597. The Morgan fingerprint density at radius 1 is 1.41 bits per heavy atom. The van der Waals surface area contributed by atoms with Crippen LogP contribution in [0.3, 0.4) is 0 Å². The molecule has 2 rings (SSSR count). The van der Waals surface area contributed by atoms with Crippen LogP contribution < -0.4 is 5.32 Å². The Morgan fingerprint density at radius 3 is 2.82 bits per heavy atom. The van der Waals surface area contributed by atoms with E-state index in [4.69, 9.17) is 4.74 Å². The SMILES string of the molecule is O=C(Nc1n[nH]c(Br)n1)OCc1ccccc1. The molecule has 0 aliphatic carbocycles. The molecule has 2 N–H and O–H groups in total. The molecule has 0 atom stereocenters. The Kier molecular flexibility index (Phi) is 3.71. The fourth-order valence-electron chi connectivity index (χ4n) is 1.15. The Morgan fingerprint density at radius 2 is 2.18 bits per heavy atom. The number of hydrogen-bond donors (Lipinski definition) is 2. The smallest absolute Gasteiger partial charge is 0.414 e. The van der Waals surface area contributed by atoms with E-state index in [9.17, 15) is 4.79 Å². The highest BCUT2D eigenvalue weighted by atomic mass is 79.9. The highest BCUT2D eigenvalue weighted by Crippen LogP contribution is 2.06. The predicted molar refractivity (Wildman–Crippen MR) is 64.3 cm³/mol. The minimum Gasteiger partial charge on any atom is -0.444 e. The minimum atomic E-state index is -0.597. The number of aromatic nitrogens is 3. The zero-order chi connectivity index (χ0) is 12.1. The van der Waals surface area contributed by atoms with E-state index in [1.54, 1.807) is 0 Å². The van der Waals surface area contributed by atoms with E-state index in [2.05, 4.69) is 36.4 Å². The third kappa shape index (κ3) is 3.56. The van der Waals surface area contributed by atoms with E-state index in [1.165, 1.54) is 0 Å². The third-order valence-electron chi connectivity index (χ3n) is 1.88. The molecule has 1 aromatic carbocycles. The van der Waals surface area contributed by atoms with Gasteiger partial charge in [-0.25, -0.2) is 4.79 Å². The van der Waals surface area contributed by atoms with Crippen molar-refractivity contribution in [3.8, 4) is 0 Å². The van der Waals surface area contributed by atoms with Gasteiger partial charge < -0.3 is 4.74 Å². The number of carbonyl (C=O) groups excluding carboxylic acids is 1. The van der Waals surface area contributed by atoms with Crippen molar-refractivity contribution >= 4 is 28.0 Å². The summed E-state index contributed by atoms with van der Waals surface area (Å²) in [5, 5.41) is 8.64. The second kappa shape index (κ2) is 5.44. The number of rotatable bonds is 3. The summed E-state index contributed by atoms with van der Waals surface area (Å²) in [6.45, 7) is 0.207. The molecule has 0 aliphatic heterocycles. The first-order chi connectivity index (χ1) is 8.24. The molecule has 0 fully saturated rings. The largest absolute Gasteiger partial charge is 0.444 e. The molecule has 0 saturated heterocycles. The number of anilines is 1. The average Bonchev–Trinajstić information content (AvgIpc) is 2.73. The molecule has 0 saturated carbocycles. The molecule has 0 bridgehead atoms.